The molecule has 118 valence electrons. The largest absolute Gasteiger partial charge is 0.432 e. The van der Waals surface area contributed by atoms with Gasteiger partial charge in [-0.05, 0) is 23.7 Å². The van der Waals surface area contributed by atoms with Gasteiger partial charge >= 0.3 is 12.4 Å². The number of hydrogen-bond donors (Lipinski definition) is 1. The number of H-pyrrole nitrogens is 1. The number of fused-ring (bicyclic) bond motifs is 1. The number of nitrogens with one attached hydrogen (secondary N) is 1. The summed E-state index contributed by atoms with van der Waals surface area (Å²) >= 11 is 4.97. The molecule has 0 aliphatic heterocycles. The number of benzene rings is 1. The molecule has 0 bridgehead atoms. The molecule has 1 N–H and O–H groups in total. The van der Waals surface area contributed by atoms with Crippen LogP contribution in [0.15, 0.2) is 23.0 Å². The molecule has 0 atom stereocenters. The van der Waals surface area contributed by atoms with Gasteiger partial charge in [0.05, 0.1) is 11.1 Å². The third kappa shape index (κ3) is 2.68. The van der Waals surface area contributed by atoms with Crippen LogP contribution < -0.4 is 5.43 Å². The molecule has 1 aromatic heterocycles. The highest BCUT2D eigenvalue weighted by Crippen LogP contribution is 2.36. The molecule has 0 saturated heterocycles. The van der Waals surface area contributed by atoms with Crippen molar-refractivity contribution in [3.05, 3.63) is 45.2 Å². The van der Waals surface area contributed by atoms with E-state index in [9.17, 15) is 35.9 Å². The molecule has 1 heterocycles. The van der Waals surface area contributed by atoms with E-state index in [0.717, 1.165) is 12.1 Å². The second-order valence-electron chi connectivity index (χ2n) is 4.20. The molecule has 0 spiro atoms. The first-order valence-electron chi connectivity index (χ1n) is 5.48. The van der Waals surface area contributed by atoms with Crippen LogP contribution in [0.25, 0.3) is 10.9 Å². The molecule has 10 heteroatoms. The maximum atomic E-state index is 12.9. The SMILES string of the molecule is O=C(Cl)c1c(C(F)(F)F)[nH]c2c(C(F)(F)F)cccc2c1=O. The second kappa shape index (κ2) is 5.01. The van der Waals surface area contributed by atoms with Gasteiger partial charge in [0.1, 0.15) is 11.3 Å². The Balaban J connectivity index is 3.05. The second-order valence-corrected chi connectivity index (χ2v) is 4.54. The molecule has 2 rings (SSSR count). The lowest BCUT2D eigenvalue weighted by Gasteiger charge is -2.15. The maximum Gasteiger partial charge on any atom is 0.432 e. The number of para-hydroxylation sites is 1. The fourth-order valence-electron chi connectivity index (χ4n) is 1.95. The van der Waals surface area contributed by atoms with Crippen molar-refractivity contribution in [1.82, 2.24) is 4.98 Å². The maximum absolute atomic E-state index is 12.9. The minimum Gasteiger partial charge on any atom is -0.350 e. The van der Waals surface area contributed by atoms with E-state index in [1.54, 1.807) is 0 Å². The standard InChI is InChI=1S/C12H4ClF6NO2/c13-10(22)6-8(21)4-2-1-3-5(11(14,15)16)7(4)20-9(6)12(17,18)19/h1-3H,(H,20,21). The van der Waals surface area contributed by atoms with Crippen molar-refractivity contribution in [2.45, 2.75) is 12.4 Å². The molecule has 0 aliphatic carbocycles. The van der Waals surface area contributed by atoms with Crippen molar-refractivity contribution in [2.75, 3.05) is 0 Å². The van der Waals surface area contributed by atoms with E-state index in [0.29, 0.717) is 6.07 Å². The van der Waals surface area contributed by atoms with Gasteiger partial charge in [0.2, 0.25) is 5.43 Å². The first-order chi connectivity index (χ1) is 9.94. The van der Waals surface area contributed by atoms with Gasteiger partial charge in [-0.15, -0.1) is 0 Å². The molecule has 3 nitrogen and oxygen atoms in total. The molecule has 22 heavy (non-hydrogen) atoms. The van der Waals surface area contributed by atoms with Crippen LogP contribution in [0.1, 0.15) is 21.6 Å². The highest BCUT2D eigenvalue weighted by atomic mass is 35.5. The van der Waals surface area contributed by atoms with Crippen LogP contribution >= 0.6 is 11.6 Å². The summed E-state index contributed by atoms with van der Waals surface area (Å²) in [5.41, 5.74) is -7.40. The average Bonchev–Trinajstić information content (AvgIpc) is 2.35. The lowest BCUT2D eigenvalue weighted by molar-refractivity contribution is -0.142. The number of halogens is 7. The van der Waals surface area contributed by atoms with Crippen LogP contribution in [0.5, 0.6) is 0 Å². The minimum absolute atomic E-state index is 0.515. The smallest absolute Gasteiger partial charge is 0.350 e. The van der Waals surface area contributed by atoms with E-state index in [4.69, 9.17) is 11.6 Å². The van der Waals surface area contributed by atoms with Gasteiger partial charge in [-0.25, -0.2) is 0 Å². The number of carbonyl (C=O) groups excluding carboxylic acids is 1. The number of aromatic nitrogens is 1. The molecule has 0 saturated carbocycles. The lowest BCUT2D eigenvalue weighted by atomic mass is 10.0. The van der Waals surface area contributed by atoms with Crippen molar-refractivity contribution >= 4 is 27.7 Å². The third-order valence-electron chi connectivity index (χ3n) is 2.82. The van der Waals surface area contributed by atoms with Gasteiger partial charge in [0.25, 0.3) is 5.24 Å². The van der Waals surface area contributed by atoms with Gasteiger partial charge in [-0.3, -0.25) is 9.59 Å². The number of pyridine rings is 1. The van der Waals surface area contributed by atoms with E-state index in [-0.39, 0.29) is 0 Å². The van der Waals surface area contributed by atoms with Crippen molar-refractivity contribution in [3.8, 4) is 0 Å². The molecule has 0 fully saturated rings. The van der Waals surface area contributed by atoms with Gasteiger partial charge in [-0.1, -0.05) is 6.07 Å². The van der Waals surface area contributed by atoms with Crippen LogP contribution in [0.4, 0.5) is 26.3 Å². The van der Waals surface area contributed by atoms with E-state index in [1.807, 2.05) is 0 Å². The van der Waals surface area contributed by atoms with Crippen LogP contribution in [0, 0.1) is 0 Å². The molecular weight excluding hydrogens is 340 g/mol. The van der Waals surface area contributed by atoms with Gasteiger partial charge in [0.15, 0.2) is 0 Å². The summed E-state index contributed by atoms with van der Waals surface area (Å²) in [5, 5.41) is -2.43. The fraction of sp³-hybridized carbons (Fsp3) is 0.167. The van der Waals surface area contributed by atoms with Crippen molar-refractivity contribution < 1.29 is 31.1 Å². The van der Waals surface area contributed by atoms with Crippen LogP contribution in [0.3, 0.4) is 0 Å². The number of alkyl halides is 6. The molecule has 0 aliphatic rings. The van der Waals surface area contributed by atoms with Crippen molar-refractivity contribution in [3.63, 3.8) is 0 Å². The van der Waals surface area contributed by atoms with Crippen molar-refractivity contribution in [1.29, 1.82) is 0 Å². The van der Waals surface area contributed by atoms with E-state index in [2.05, 4.69) is 0 Å². The van der Waals surface area contributed by atoms with Gasteiger partial charge in [-0.2, -0.15) is 26.3 Å². The lowest BCUT2D eigenvalue weighted by Crippen LogP contribution is -2.24. The number of carbonyl (C=O) groups is 1. The zero-order chi connectivity index (χ0) is 16.9. The third-order valence-corrected chi connectivity index (χ3v) is 3.01. The Morgan fingerprint density at radius 2 is 1.64 bits per heavy atom. The number of rotatable bonds is 1. The summed E-state index contributed by atoms with van der Waals surface area (Å²) in [7, 11) is 0. The summed E-state index contributed by atoms with van der Waals surface area (Å²) < 4.78 is 77.2. The topological polar surface area (TPSA) is 49.9 Å². The Hall–Kier alpha value is -2.03. The first kappa shape index (κ1) is 16.3. The molecule has 2 aromatic rings. The minimum atomic E-state index is -5.26. The Morgan fingerprint density at radius 3 is 2.09 bits per heavy atom. The summed E-state index contributed by atoms with van der Waals surface area (Å²) in [6.45, 7) is 0. The molecule has 0 unspecified atom stereocenters. The van der Waals surface area contributed by atoms with Crippen LogP contribution in [0.2, 0.25) is 0 Å². The predicted octanol–water partition coefficient (Wildman–Crippen LogP) is 3.94. The van der Waals surface area contributed by atoms with E-state index < -0.39 is 50.7 Å². The number of hydrogen-bond acceptors (Lipinski definition) is 2. The quantitative estimate of drug-likeness (QED) is 0.630. The van der Waals surface area contributed by atoms with Crippen LogP contribution in [-0.2, 0) is 12.4 Å². The van der Waals surface area contributed by atoms with Crippen LogP contribution in [-0.4, -0.2) is 10.2 Å². The van der Waals surface area contributed by atoms with Gasteiger partial charge < -0.3 is 4.98 Å². The Kier molecular flexibility index (Phi) is 3.72. The number of aromatic amines is 1. The molecule has 0 radical (unpaired) electrons. The monoisotopic (exact) mass is 343 g/mol. The molecule has 1 aromatic carbocycles. The first-order valence-corrected chi connectivity index (χ1v) is 5.85. The molecule has 0 amide bonds. The summed E-state index contributed by atoms with van der Waals surface area (Å²) in [5.74, 6) is 0. The Bertz CT molecular complexity index is 821. The zero-order valence-corrected chi connectivity index (χ0v) is 11.0. The van der Waals surface area contributed by atoms with E-state index >= 15 is 0 Å². The Morgan fingerprint density at radius 1 is 1.05 bits per heavy atom. The zero-order valence-electron chi connectivity index (χ0n) is 10.2. The molecular formula is C12H4ClF6NO2. The fourth-order valence-corrected chi connectivity index (χ4v) is 2.13. The average molecular weight is 344 g/mol. The summed E-state index contributed by atoms with van der Waals surface area (Å²) in [4.78, 5) is 24.5. The normalized spacial score (nSPS) is 12.7. The summed E-state index contributed by atoms with van der Waals surface area (Å²) in [6.07, 6.45) is -10.2. The van der Waals surface area contributed by atoms with Crippen molar-refractivity contribution in [2.24, 2.45) is 0 Å². The highest BCUT2D eigenvalue weighted by Gasteiger charge is 2.40. The summed E-state index contributed by atoms with van der Waals surface area (Å²) in [6, 6.07) is 2.23. The Labute approximate surface area is 122 Å². The highest BCUT2D eigenvalue weighted by molar-refractivity contribution is 6.68. The van der Waals surface area contributed by atoms with E-state index in [1.165, 1.54) is 4.98 Å². The predicted molar refractivity (Wildman–Crippen MR) is 64.8 cm³/mol. The van der Waals surface area contributed by atoms with Gasteiger partial charge in [0, 0.05) is 5.39 Å².